The number of ether oxygens (including phenoxy) is 1. The molecule has 0 bridgehead atoms. The molecule has 0 radical (unpaired) electrons. The molecule has 0 saturated carbocycles. The zero-order chi connectivity index (χ0) is 16.2. The van der Waals surface area contributed by atoms with E-state index in [1.54, 1.807) is 0 Å². The number of alkyl halides is 3. The van der Waals surface area contributed by atoms with Crippen LogP contribution in [0.4, 0.5) is 13.2 Å². The second-order valence-corrected chi connectivity index (χ2v) is 5.35. The Morgan fingerprint density at radius 1 is 1.41 bits per heavy atom. The van der Waals surface area contributed by atoms with Crippen LogP contribution >= 0.6 is 0 Å². The van der Waals surface area contributed by atoms with E-state index in [2.05, 4.69) is 5.32 Å². The first kappa shape index (κ1) is 16.5. The summed E-state index contributed by atoms with van der Waals surface area (Å²) in [5.74, 6) is -0.110. The summed E-state index contributed by atoms with van der Waals surface area (Å²) in [5.41, 5.74) is -0.428. The summed E-state index contributed by atoms with van der Waals surface area (Å²) in [4.78, 5) is 11.8. The van der Waals surface area contributed by atoms with E-state index in [0.717, 1.165) is 12.5 Å². The van der Waals surface area contributed by atoms with E-state index in [-0.39, 0.29) is 23.0 Å². The summed E-state index contributed by atoms with van der Waals surface area (Å²) in [7, 11) is 0. The average Bonchev–Trinajstić information content (AvgIpc) is 2.97. The van der Waals surface area contributed by atoms with Gasteiger partial charge in [0, 0.05) is 25.1 Å². The van der Waals surface area contributed by atoms with Gasteiger partial charge in [-0.2, -0.15) is 13.2 Å². The second kappa shape index (κ2) is 6.96. The van der Waals surface area contributed by atoms with Crippen LogP contribution in [0.2, 0.25) is 0 Å². The lowest BCUT2D eigenvalue weighted by molar-refractivity contribution is -0.137. The molecule has 120 valence electrons. The molecule has 0 aliphatic carbocycles. The summed E-state index contributed by atoms with van der Waals surface area (Å²) in [6.45, 7) is 3.28. The van der Waals surface area contributed by atoms with Crippen LogP contribution in [0, 0.1) is 5.92 Å². The Morgan fingerprint density at radius 3 is 2.77 bits per heavy atom. The highest BCUT2D eigenvalue weighted by molar-refractivity contribution is 5.95. The number of hydrogen-bond donors (Lipinski definition) is 1. The molecule has 2 rings (SSSR count). The van der Waals surface area contributed by atoms with Gasteiger partial charge >= 0.3 is 6.18 Å². The minimum Gasteiger partial charge on any atom is -0.381 e. The first-order valence-electron chi connectivity index (χ1n) is 7.08. The van der Waals surface area contributed by atoms with Crippen molar-refractivity contribution in [2.45, 2.75) is 19.5 Å². The number of nitrogens with one attached hydrogen (secondary N) is 1. The van der Waals surface area contributed by atoms with Crippen molar-refractivity contribution < 1.29 is 22.7 Å². The maximum atomic E-state index is 13.0. The Balaban J connectivity index is 2.06. The van der Waals surface area contributed by atoms with Crippen molar-refractivity contribution in [2.24, 2.45) is 5.92 Å². The molecule has 1 aromatic carbocycles. The summed E-state index contributed by atoms with van der Waals surface area (Å²) < 4.78 is 44.1. The maximum Gasteiger partial charge on any atom is 0.416 e. The van der Waals surface area contributed by atoms with Gasteiger partial charge in [-0.05, 0) is 30.5 Å². The molecule has 1 atom stereocenters. The molecule has 22 heavy (non-hydrogen) atoms. The minimum atomic E-state index is -4.44. The highest BCUT2D eigenvalue weighted by Gasteiger charge is 2.33. The molecule has 0 aromatic heterocycles. The molecule has 1 unspecified atom stereocenters. The van der Waals surface area contributed by atoms with Crippen LogP contribution in [-0.2, 0) is 15.7 Å². The zero-order valence-electron chi connectivity index (χ0n) is 12.2. The van der Waals surface area contributed by atoms with E-state index >= 15 is 0 Å². The molecule has 1 heterocycles. The van der Waals surface area contributed by atoms with Crippen molar-refractivity contribution in [1.82, 2.24) is 5.32 Å². The van der Waals surface area contributed by atoms with Gasteiger partial charge in [0.1, 0.15) is 0 Å². The quantitative estimate of drug-likeness (QED) is 0.867. The average molecular weight is 313 g/mol. The van der Waals surface area contributed by atoms with E-state index in [4.69, 9.17) is 4.74 Å². The van der Waals surface area contributed by atoms with E-state index in [1.807, 2.05) is 0 Å². The van der Waals surface area contributed by atoms with Gasteiger partial charge in [-0.15, -0.1) is 0 Å². The van der Waals surface area contributed by atoms with Crippen LogP contribution in [0.25, 0.3) is 5.57 Å². The Kier molecular flexibility index (Phi) is 5.24. The molecular weight excluding hydrogens is 295 g/mol. The van der Waals surface area contributed by atoms with Crippen molar-refractivity contribution in [2.75, 3.05) is 19.8 Å². The van der Waals surface area contributed by atoms with Gasteiger partial charge in [-0.1, -0.05) is 18.2 Å². The third kappa shape index (κ3) is 4.34. The first-order chi connectivity index (χ1) is 10.4. The molecule has 6 heteroatoms. The summed E-state index contributed by atoms with van der Waals surface area (Å²) in [5, 5.41) is 2.71. The van der Waals surface area contributed by atoms with Gasteiger partial charge in [0.2, 0.25) is 5.91 Å². The number of rotatable bonds is 4. The minimum absolute atomic E-state index is 0.0225. The third-order valence-corrected chi connectivity index (χ3v) is 3.59. The van der Waals surface area contributed by atoms with Crippen LogP contribution in [0.5, 0.6) is 0 Å². The number of hydrogen-bond acceptors (Lipinski definition) is 2. The van der Waals surface area contributed by atoms with E-state index in [1.165, 1.54) is 31.2 Å². The lowest BCUT2D eigenvalue weighted by atomic mass is 10.00. The maximum absolute atomic E-state index is 13.0. The Morgan fingerprint density at radius 2 is 2.14 bits per heavy atom. The topological polar surface area (TPSA) is 38.3 Å². The van der Waals surface area contributed by atoms with Crippen molar-refractivity contribution in [1.29, 1.82) is 0 Å². The second-order valence-electron chi connectivity index (χ2n) is 5.35. The fourth-order valence-corrected chi connectivity index (χ4v) is 2.39. The fourth-order valence-electron chi connectivity index (χ4n) is 2.39. The zero-order valence-corrected chi connectivity index (χ0v) is 12.2. The Bertz CT molecular complexity index is 561. The van der Waals surface area contributed by atoms with Crippen LogP contribution in [-0.4, -0.2) is 25.7 Å². The summed E-state index contributed by atoms with van der Waals surface area (Å²) in [6, 6.07) is 5.24. The van der Waals surface area contributed by atoms with Crippen LogP contribution in [0.1, 0.15) is 24.5 Å². The standard InChI is InChI=1S/C16H18F3NO2/c1-11(8-15(21)20-9-12-6-7-22-10-12)13-4-2-3-5-14(13)16(17,18)19/h2-5,8,12H,6-7,9-10H2,1H3,(H,20,21)/b11-8+. The van der Waals surface area contributed by atoms with Gasteiger partial charge in [0.25, 0.3) is 0 Å². The lowest BCUT2D eigenvalue weighted by Gasteiger charge is -2.13. The first-order valence-corrected chi connectivity index (χ1v) is 7.08. The Labute approximate surface area is 127 Å². The van der Waals surface area contributed by atoms with Crippen LogP contribution < -0.4 is 5.32 Å². The van der Waals surface area contributed by atoms with Gasteiger partial charge < -0.3 is 10.1 Å². The number of benzene rings is 1. The molecule has 1 saturated heterocycles. The van der Waals surface area contributed by atoms with Gasteiger partial charge in [0.05, 0.1) is 12.2 Å². The van der Waals surface area contributed by atoms with Crippen molar-refractivity contribution in [3.63, 3.8) is 0 Å². The lowest BCUT2D eigenvalue weighted by Crippen LogP contribution is -2.28. The monoisotopic (exact) mass is 313 g/mol. The van der Waals surface area contributed by atoms with Gasteiger partial charge in [0.15, 0.2) is 0 Å². The molecule has 1 amide bonds. The SMILES string of the molecule is C/C(=C\C(=O)NCC1CCOC1)c1ccccc1C(F)(F)F. The number of halogens is 3. The normalized spacial score (nSPS) is 19.3. The highest BCUT2D eigenvalue weighted by atomic mass is 19.4. The van der Waals surface area contributed by atoms with Crippen LogP contribution in [0.3, 0.4) is 0 Å². The number of allylic oxidation sites excluding steroid dienone is 1. The summed E-state index contributed by atoms with van der Waals surface area (Å²) in [6.07, 6.45) is -2.34. The van der Waals surface area contributed by atoms with Gasteiger partial charge in [-0.25, -0.2) is 0 Å². The number of carbonyl (C=O) groups excluding carboxylic acids is 1. The predicted molar refractivity (Wildman–Crippen MR) is 77.0 cm³/mol. The summed E-state index contributed by atoms with van der Waals surface area (Å²) >= 11 is 0. The third-order valence-electron chi connectivity index (χ3n) is 3.59. The van der Waals surface area contributed by atoms with Gasteiger partial charge in [-0.3, -0.25) is 4.79 Å². The molecule has 1 aromatic rings. The van der Waals surface area contributed by atoms with E-state index in [0.29, 0.717) is 19.8 Å². The molecule has 1 fully saturated rings. The van der Waals surface area contributed by atoms with E-state index in [9.17, 15) is 18.0 Å². The highest BCUT2D eigenvalue weighted by Crippen LogP contribution is 2.34. The van der Waals surface area contributed by atoms with E-state index < -0.39 is 11.7 Å². The molecule has 1 N–H and O–H groups in total. The molecule has 3 nitrogen and oxygen atoms in total. The molecule has 1 aliphatic rings. The Hall–Kier alpha value is -1.82. The molecule has 0 spiro atoms. The number of carbonyl (C=O) groups is 1. The van der Waals surface area contributed by atoms with Crippen molar-refractivity contribution in [3.8, 4) is 0 Å². The van der Waals surface area contributed by atoms with Crippen molar-refractivity contribution >= 4 is 11.5 Å². The van der Waals surface area contributed by atoms with Crippen LogP contribution in [0.15, 0.2) is 30.3 Å². The smallest absolute Gasteiger partial charge is 0.381 e. The van der Waals surface area contributed by atoms with Crippen molar-refractivity contribution in [3.05, 3.63) is 41.5 Å². The molecule has 1 aliphatic heterocycles. The molecular formula is C16H18F3NO2. The number of amides is 1. The largest absolute Gasteiger partial charge is 0.416 e. The fraction of sp³-hybridized carbons (Fsp3) is 0.438. The predicted octanol–water partition coefficient (Wildman–Crippen LogP) is 3.26.